The monoisotopic (exact) mass is 294 g/mol. The van der Waals surface area contributed by atoms with Crippen LogP contribution < -0.4 is 5.32 Å². The van der Waals surface area contributed by atoms with E-state index in [-0.39, 0.29) is 11.7 Å². The molecule has 0 atom stereocenters. The highest BCUT2D eigenvalue weighted by Crippen LogP contribution is 2.14. The number of amides is 1. The molecule has 0 aliphatic rings. The van der Waals surface area contributed by atoms with Gasteiger partial charge in [0.1, 0.15) is 0 Å². The second kappa shape index (κ2) is 5.14. The van der Waals surface area contributed by atoms with Gasteiger partial charge in [-0.2, -0.15) is 0 Å². The van der Waals surface area contributed by atoms with Gasteiger partial charge in [0.05, 0.1) is 12.2 Å². The Hall–Kier alpha value is -1.62. The van der Waals surface area contributed by atoms with Crippen molar-refractivity contribution in [2.75, 3.05) is 0 Å². The van der Waals surface area contributed by atoms with Crippen molar-refractivity contribution in [1.29, 1.82) is 0 Å². The predicted molar refractivity (Wildman–Crippen MR) is 66.6 cm³/mol. The minimum Gasteiger partial charge on any atom is -0.444 e. The number of aromatic nitrogens is 1. The van der Waals surface area contributed by atoms with E-state index in [1.165, 1.54) is 0 Å². The van der Waals surface area contributed by atoms with E-state index in [0.29, 0.717) is 11.2 Å². The molecule has 0 spiro atoms. The van der Waals surface area contributed by atoms with Crippen molar-refractivity contribution in [1.82, 2.24) is 10.3 Å². The van der Waals surface area contributed by atoms with Gasteiger partial charge in [-0.3, -0.25) is 9.78 Å². The number of hydrogen-bond donors (Lipinski definition) is 1. The van der Waals surface area contributed by atoms with Gasteiger partial charge >= 0.3 is 0 Å². The van der Waals surface area contributed by atoms with Crippen molar-refractivity contribution < 1.29 is 9.21 Å². The van der Waals surface area contributed by atoms with Crippen molar-refractivity contribution in [2.45, 2.75) is 13.5 Å². The SMILES string of the molecule is Cc1cccnc1CNC(=O)c1ccc(Br)o1. The zero-order valence-electron chi connectivity index (χ0n) is 9.24. The smallest absolute Gasteiger partial charge is 0.287 e. The lowest BCUT2D eigenvalue weighted by molar-refractivity contribution is 0.0921. The molecule has 88 valence electrons. The Bertz CT molecular complexity index is 537. The zero-order valence-corrected chi connectivity index (χ0v) is 10.8. The highest BCUT2D eigenvalue weighted by atomic mass is 79.9. The lowest BCUT2D eigenvalue weighted by Gasteiger charge is -2.05. The number of carbonyl (C=O) groups is 1. The number of furan rings is 1. The van der Waals surface area contributed by atoms with E-state index in [4.69, 9.17) is 4.42 Å². The van der Waals surface area contributed by atoms with Crippen LogP contribution in [0.2, 0.25) is 0 Å². The minimum atomic E-state index is -0.249. The second-order valence-corrected chi connectivity index (χ2v) is 4.34. The summed E-state index contributed by atoms with van der Waals surface area (Å²) in [6, 6.07) is 7.12. The molecule has 0 unspecified atom stereocenters. The normalized spacial score (nSPS) is 10.2. The van der Waals surface area contributed by atoms with Crippen LogP contribution in [0.4, 0.5) is 0 Å². The van der Waals surface area contributed by atoms with Gasteiger partial charge in [0.2, 0.25) is 0 Å². The summed E-state index contributed by atoms with van der Waals surface area (Å²) in [5.41, 5.74) is 1.90. The maximum atomic E-state index is 11.7. The highest BCUT2D eigenvalue weighted by molar-refractivity contribution is 9.10. The Kier molecular flexibility index (Phi) is 3.58. The van der Waals surface area contributed by atoms with Gasteiger partial charge in [0.15, 0.2) is 10.4 Å². The largest absolute Gasteiger partial charge is 0.444 e. The molecule has 1 amide bonds. The van der Waals surface area contributed by atoms with Crippen LogP contribution in [0.1, 0.15) is 21.8 Å². The zero-order chi connectivity index (χ0) is 12.3. The molecule has 2 aromatic heterocycles. The third-order valence-corrected chi connectivity index (χ3v) is 2.76. The number of carbonyl (C=O) groups excluding carboxylic acids is 1. The summed E-state index contributed by atoms with van der Waals surface area (Å²) in [6.45, 7) is 2.35. The summed E-state index contributed by atoms with van der Waals surface area (Å²) in [7, 11) is 0. The van der Waals surface area contributed by atoms with E-state index in [0.717, 1.165) is 11.3 Å². The molecule has 1 N–H and O–H groups in total. The summed E-state index contributed by atoms with van der Waals surface area (Å²) in [5.74, 6) is 0.0335. The van der Waals surface area contributed by atoms with Gasteiger partial charge in [-0.1, -0.05) is 6.07 Å². The van der Waals surface area contributed by atoms with Crippen LogP contribution in [-0.2, 0) is 6.54 Å². The fourth-order valence-corrected chi connectivity index (χ4v) is 1.70. The van der Waals surface area contributed by atoms with Gasteiger partial charge in [0, 0.05) is 6.20 Å². The van der Waals surface area contributed by atoms with Crippen LogP contribution in [0.5, 0.6) is 0 Å². The summed E-state index contributed by atoms with van der Waals surface area (Å²) < 4.78 is 5.69. The summed E-state index contributed by atoms with van der Waals surface area (Å²) >= 11 is 3.15. The number of halogens is 1. The molecule has 17 heavy (non-hydrogen) atoms. The van der Waals surface area contributed by atoms with E-state index < -0.39 is 0 Å². The van der Waals surface area contributed by atoms with Crippen LogP contribution in [0.25, 0.3) is 0 Å². The molecule has 0 fully saturated rings. The maximum Gasteiger partial charge on any atom is 0.287 e. The van der Waals surface area contributed by atoms with Crippen LogP contribution in [0.3, 0.4) is 0 Å². The number of hydrogen-bond acceptors (Lipinski definition) is 3. The number of nitrogens with zero attached hydrogens (tertiary/aromatic N) is 1. The summed E-state index contributed by atoms with van der Waals surface area (Å²) in [5, 5.41) is 2.75. The first-order chi connectivity index (χ1) is 8.16. The molecule has 0 aliphatic carbocycles. The molecule has 0 saturated heterocycles. The van der Waals surface area contributed by atoms with Crippen LogP contribution >= 0.6 is 15.9 Å². The van der Waals surface area contributed by atoms with Gasteiger partial charge in [0.25, 0.3) is 5.91 Å². The molecule has 0 radical (unpaired) electrons. The number of aryl methyl sites for hydroxylation is 1. The second-order valence-electron chi connectivity index (χ2n) is 3.55. The molecule has 2 aromatic rings. The molecule has 4 nitrogen and oxygen atoms in total. The molecule has 0 bridgehead atoms. The summed E-state index contributed by atoms with van der Waals surface area (Å²) in [4.78, 5) is 15.9. The number of nitrogens with one attached hydrogen (secondary N) is 1. The predicted octanol–water partition coefficient (Wildman–Crippen LogP) is 2.68. The standard InChI is InChI=1S/C12H11BrN2O2/c1-8-3-2-6-14-9(8)7-15-12(16)10-4-5-11(13)17-10/h2-6H,7H2,1H3,(H,15,16). The Balaban J connectivity index is 1.99. The Morgan fingerprint density at radius 1 is 1.47 bits per heavy atom. The number of pyridine rings is 1. The molecule has 0 aromatic carbocycles. The first-order valence-corrected chi connectivity index (χ1v) is 5.90. The summed E-state index contributed by atoms with van der Waals surface area (Å²) in [6.07, 6.45) is 1.71. The lowest BCUT2D eigenvalue weighted by atomic mass is 10.2. The Morgan fingerprint density at radius 3 is 2.94 bits per heavy atom. The van der Waals surface area contributed by atoms with E-state index in [2.05, 4.69) is 26.2 Å². The van der Waals surface area contributed by atoms with Crippen LogP contribution in [0, 0.1) is 6.92 Å². The van der Waals surface area contributed by atoms with Gasteiger partial charge in [-0.25, -0.2) is 0 Å². The highest BCUT2D eigenvalue weighted by Gasteiger charge is 2.10. The quantitative estimate of drug-likeness (QED) is 0.947. The first-order valence-electron chi connectivity index (χ1n) is 5.11. The molecular weight excluding hydrogens is 284 g/mol. The number of rotatable bonds is 3. The third kappa shape index (κ3) is 2.94. The Labute approximate surface area is 107 Å². The van der Waals surface area contributed by atoms with Gasteiger partial charge in [-0.05, 0) is 46.6 Å². The van der Waals surface area contributed by atoms with Gasteiger partial charge < -0.3 is 9.73 Å². The third-order valence-electron chi connectivity index (χ3n) is 2.33. The molecule has 5 heteroatoms. The fourth-order valence-electron chi connectivity index (χ4n) is 1.39. The lowest BCUT2D eigenvalue weighted by Crippen LogP contribution is -2.23. The van der Waals surface area contributed by atoms with E-state index >= 15 is 0 Å². The van der Waals surface area contributed by atoms with Crippen molar-refractivity contribution in [3.8, 4) is 0 Å². The molecule has 0 aliphatic heterocycles. The molecule has 2 rings (SSSR count). The minimum absolute atomic E-state index is 0.249. The van der Waals surface area contributed by atoms with Crippen molar-refractivity contribution >= 4 is 21.8 Å². The topological polar surface area (TPSA) is 55.1 Å². The van der Waals surface area contributed by atoms with E-state index in [1.54, 1.807) is 18.3 Å². The Morgan fingerprint density at radius 2 is 2.29 bits per heavy atom. The maximum absolute atomic E-state index is 11.7. The van der Waals surface area contributed by atoms with Crippen molar-refractivity contribution in [3.63, 3.8) is 0 Å². The van der Waals surface area contributed by atoms with Crippen LogP contribution in [0.15, 0.2) is 39.5 Å². The molecular formula is C12H11BrN2O2. The van der Waals surface area contributed by atoms with E-state index in [1.807, 2.05) is 19.1 Å². The van der Waals surface area contributed by atoms with Crippen molar-refractivity contribution in [2.24, 2.45) is 0 Å². The van der Waals surface area contributed by atoms with Crippen LogP contribution in [-0.4, -0.2) is 10.9 Å². The van der Waals surface area contributed by atoms with Crippen molar-refractivity contribution in [3.05, 3.63) is 52.1 Å². The molecule has 2 heterocycles. The average Bonchev–Trinajstić information content (AvgIpc) is 2.74. The fraction of sp³-hybridized carbons (Fsp3) is 0.167. The van der Waals surface area contributed by atoms with Gasteiger partial charge in [-0.15, -0.1) is 0 Å². The first kappa shape index (κ1) is 11.9. The molecule has 0 saturated carbocycles. The average molecular weight is 295 g/mol. The van der Waals surface area contributed by atoms with E-state index in [9.17, 15) is 4.79 Å².